The number of benzene rings is 2. The molecule has 0 amide bonds. The predicted molar refractivity (Wildman–Crippen MR) is 83.5 cm³/mol. The zero-order valence-corrected chi connectivity index (χ0v) is 12.5. The summed E-state index contributed by atoms with van der Waals surface area (Å²) < 4.78 is 5.89. The number of rotatable bonds is 4. The fourth-order valence-corrected chi connectivity index (χ4v) is 3.83. The minimum Gasteiger partial charge on any atom is -0.492 e. The van der Waals surface area contributed by atoms with Gasteiger partial charge in [0.2, 0.25) is 0 Å². The molecule has 0 bridgehead atoms. The van der Waals surface area contributed by atoms with Crippen molar-refractivity contribution in [3.8, 4) is 5.75 Å². The second kappa shape index (κ2) is 5.93. The van der Waals surface area contributed by atoms with Crippen LogP contribution in [0.4, 0.5) is 0 Å². The van der Waals surface area contributed by atoms with Crippen LogP contribution >= 0.6 is 23.5 Å². The Kier molecular flexibility index (Phi) is 4.04. The summed E-state index contributed by atoms with van der Waals surface area (Å²) in [5, 5.41) is 0.539. The summed E-state index contributed by atoms with van der Waals surface area (Å²) in [7, 11) is 0. The molecule has 1 aliphatic rings. The van der Waals surface area contributed by atoms with Crippen LogP contribution in [0.5, 0.6) is 5.75 Å². The highest BCUT2D eigenvalue weighted by atomic mass is 32.2. The van der Waals surface area contributed by atoms with Crippen LogP contribution in [0.15, 0.2) is 58.3 Å². The lowest BCUT2D eigenvalue weighted by molar-refractivity contribution is 0.317. The summed E-state index contributed by atoms with van der Waals surface area (Å²) in [6, 6.07) is 17.0. The van der Waals surface area contributed by atoms with E-state index in [0.717, 1.165) is 18.8 Å². The lowest BCUT2D eigenvalue weighted by Gasteiger charge is -2.11. The monoisotopic (exact) mass is 288 g/mol. The Hall–Kier alpha value is -1.06. The van der Waals surface area contributed by atoms with E-state index in [4.69, 9.17) is 4.74 Å². The topological polar surface area (TPSA) is 9.23 Å². The second-order valence-electron chi connectivity index (χ2n) is 4.54. The second-order valence-corrected chi connectivity index (χ2v) is 6.76. The Bertz CT molecular complexity index is 526. The first-order valence-electron chi connectivity index (χ1n) is 6.36. The third-order valence-corrected chi connectivity index (χ3v) is 5.24. The van der Waals surface area contributed by atoms with Gasteiger partial charge in [0.1, 0.15) is 12.4 Å². The van der Waals surface area contributed by atoms with E-state index in [2.05, 4.69) is 54.8 Å². The van der Waals surface area contributed by atoms with E-state index in [1.54, 1.807) is 11.8 Å². The number of ether oxygens (including phenoxy) is 1. The van der Waals surface area contributed by atoms with Crippen LogP contribution in [0.2, 0.25) is 0 Å². The van der Waals surface area contributed by atoms with E-state index in [9.17, 15) is 0 Å². The van der Waals surface area contributed by atoms with Crippen LogP contribution in [0.25, 0.3) is 0 Å². The van der Waals surface area contributed by atoms with Crippen molar-refractivity contribution in [2.45, 2.75) is 21.5 Å². The zero-order chi connectivity index (χ0) is 13.1. The summed E-state index contributed by atoms with van der Waals surface area (Å²) in [5.41, 5.74) is 1.46. The fourth-order valence-electron chi connectivity index (χ4n) is 2.21. The molecule has 19 heavy (non-hydrogen) atoms. The van der Waals surface area contributed by atoms with Crippen molar-refractivity contribution in [1.82, 2.24) is 0 Å². The van der Waals surface area contributed by atoms with E-state index in [-0.39, 0.29) is 0 Å². The smallest absolute Gasteiger partial charge is 0.119 e. The summed E-state index contributed by atoms with van der Waals surface area (Å²) in [6.07, 6.45) is 3.20. The van der Waals surface area contributed by atoms with Crippen LogP contribution in [0.3, 0.4) is 0 Å². The maximum Gasteiger partial charge on any atom is 0.119 e. The Morgan fingerprint density at radius 1 is 1.16 bits per heavy atom. The van der Waals surface area contributed by atoms with Gasteiger partial charge in [-0.1, -0.05) is 18.2 Å². The largest absolute Gasteiger partial charge is 0.492 e. The first-order chi connectivity index (χ1) is 9.35. The van der Waals surface area contributed by atoms with Crippen LogP contribution in [-0.2, 0) is 6.42 Å². The van der Waals surface area contributed by atoms with Gasteiger partial charge in [0.05, 0.1) is 0 Å². The first kappa shape index (κ1) is 12.9. The Morgan fingerprint density at radius 3 is 2.68 bits per heavy atom. The highest BCUT2D eigenvalue weighted by Gasteiger charge is 2.22. The number of thioether (sulfide) groups is 2. The minimum atomic E-state index is 0.539. The van der Waals surface area contributed by atoms with Crippen LogP contribution in [0.1, 0.15) is 5.56 Å². The van der Waals surface area contributed by atoms with Gasteiger partial charge >= 0.3 is 0 Å². The first-order valence-corrected chi connectivity index (χ1v) is 8.47. The number of hydrogen-bond donors (Lipinski definition) is 0. The number of hydrogen-bond acceptors (Lipinski definition) is 3. The molecule has 0 saturated heterocycles. The summed E-state index contributed by atoms with van der Waals surface area (Å²) in [5.74, 6) is 0.967. The molecule has 0 aliphatic carbocycles. The van der Waals surface area contributed by atoms with E-state index in [1.165, 1.54) is 15.4 Å². The molecule has 0 radical (unpaired) electrons. The molecule has 0 saturated carbocycles. The normalized spacial score (nSPS) is 17.2. The van der Waals surface area contributed by atoms with E-state index in [0.29, 0.717) is 5.25 Å². The van der Waals surface area contributed by atoms with Crippen molar-refractivity contribution in [3.63, 3.8) is 0 Å². The lowest BCUT2D eigenvalue weighted by Crippen LogP contribution is -2.13. The lowest BCUT2D eigenvalue weighted by atomic mass is 10.1. The van der Waals surface area contributed by atoms with Crippen LogP contribution in [0, 0.1) is 0 Å². The quantitative estimate of drug-likeness (QED) is 0.766. The van der Waals surface area contributed by atoms with Crippen molar-refractivity contribution >= 4 is 23.5 Å². The fraction of sp³-hybridized carbons (Fsp3) is 0.250. The van der Waals surface area contributed by atoms with Crippen molar-refractivity contribution < 1.29 is 4.74 Å². The van der Waals surface area contributed by atoms with Crippen molar-refractivity contribution in [1.29, 1.82) is 0 Å². The van der Waals surface area contributed by atoms with Crippen molar-refractivity contribution in [3.05, 3.63) is 54.1 Å². The van der Waals surface area contributed by atoms with Crippen molar-refractivity contribution in [2.24, 2.45) is 0 Å². The molecule has 1 aliphatic heterocycles. The Labute approximate surface area is 122 Å². The molecule has 3 heteroatoms. The summed E-state index contributed by atoms with van der Waals surface area (Å²) in [4.78, 5) is 2.68. The molecular weight excluding hydrogens is 272 g/mol. The highest BCUT2D eigenvalue weighted by Crippen LogP contribution is 2.36. The van der Waals surface area contributed by atoms with Crippen LogP contribution in [-0.4, -0.2) is 18.1 Å². The highest BCUT2D eigenvalue weighted by molar-refractivity contribution is 8.00. The summed E-state index contributed by atoms with van der Waals surface area (Å²) >= 11 is 3.69. The molecule has 2 aromatic carbocycles. The molecule has 0 spiro atoms. The molecule has 2 aromatic rings. The third-order valence-electron chi connectivity index (χ3n) is 3.21. The molecule has 0 aromatic heterocycles. The van der Waals surface area contributed by atoms with Gasteiger partial charge in [-0.05, 0) is 48.6 Å². The molecule has 1 nitrogen and oxygen atoms in total. The van der Waals surface area contributed by atoms with Crippen LogP contribution < -0.4 is 4.74 Å². The SMILES string of the molecule is CSc1ccc(OCC2Cc3ccccc3S2)cc1. The molecule has 98 valence electrons. The average Bonchev–Trinajstić information content (AvgIpc) is 2.88. The van der Waals surface area contributed by atoms with Gasteiger partial charge in [-0.15, -0.1) is 23.5 Å². The summed E-state index contributed by atoms with van der Waals surface area (Å²) in [6.45, 7) is 0.776. The number of fused-ring (bicyclic) bond motifs is 1. The van der Waals surface area contributed by atoms with Crippen molar-refractivity contribution in [2.75, 3.05) is 12.9 Å². The average molecular weight is 288 g/mol. The maximum absolute atomic E-state index is 5.89. The van der Waals surface area contributed by atoms with Gasteiger partial charge in [-0.25, -0.2) is 0 Å². The Morgan fingerprint density at radius 2 is 1.95 bits per heavy atom. The van der Waals surface area contributed by atoms with Gasteiger partial charge in [-0.3, -0.25) is 0 Å². The van der Waals surface area contributed by atoms with E-state index in [1.807, 2.05) is 11.8 Å². The van der Waals surface area contributed by atoms with Gasteiger partial charge in [-0.2, -0.15) is 0 Å². The molecular formula is C16H16OS2. The van der Waals surface area contributed by atoms with E-state index < -0.39 is 0 Å². The molecule has 3 rings (SSSR count). The molecule has 1 heterocycles. The molecule has 1 atom stereocenters. The zero-order valence-electron chi connectivity index (χ0n) is 10.8. The molecule has 1 unspecified atom stereocenters. The third kappa shape index (κ3) is 3.10. The molecule has 0 fully saturated rings. The van der Waals surface area contributed by atoms with Gasteiger partial charge in [0, 0.05) is 15.0 Å². The van der Waals surface area contributed by atoms with E-state index >= 15 is 0 Å². The minimum absolute atomic E-state index is 0.539. The Balaban J connectivity index is 1.56. The van der Waals surface area contributed by atoms with Gasteiger partial charge in [0.15, 0.2) is 0 Å². The maximum atomic E-state index is 5.89. The molecule has 0 N–H and O–H groups in total. The van der Waals surface area contributed by atoms with Gasteiger partial charge in [0.25, 0.3) is 0 Å². The predicted octanol–water partition coefficient (Wildman–Crippen LogP) is 4.50. The van der Waals surface area contributed by atoms with Gasteiger partial charge < -0.3 is 4.74 Å². The standard InChI is InChI=1S/C16H16OS2/c1-18-14-8-6-13(7-9-14)17-11-15-10-12-4-2-3-5-16(12)19-15/h2-9,15H,10-11H2,1H3.